The number of likely N-dealkylation sites (tertiary alicyclic amines) is 1. The number of amides is 1. The van der Waals surface area contributed by atoms with Gasteiger partial charge in [0.25, 0.3) is 11.5 Å². The smallest absolute Gasteiger partial charge is 0.260 e. The molecule has 4 heterocycles. The normalized spacial score (nSPS) is 20.5. The van der Waals surface area contributed by atoms with Gasteiger partial charge in [0, 0.05) is 44.6 Å². The molecule has 1 aromatic heterocycles. The minimum Gasteiger partial charge on any atom is -0.486 e. The van der Waals surface area contributed by atoms with Gasteiger partial charge in [0.05, 0.1) is 11.3 Å². The molecule has 0 radical (unpaired) electrons. The van der Waals surface area contributed by atoms with Crippen LogP contribution in [0.5, 0.6) is 17.2 Å². The number of ether oxygens (including phenoxy) is 3. The number of carbonyl (C=O) groups excluding carboxylic acids is 1. The molecule has 170 valence electrons. The van der Waals surface area contributed by atoms with Crippen LogP contribution in [0.2, 0.25) is 0 Å². The highest BCUT2D eigenvalue weighted by Gasteiger charge is 2.28. The van der Waals surface area contributed by atoms with E-state index in [-0.39, 0.29) is 24.0 Å². The van der Waals surface area contributed by atoms with Crippen molar-refractivity contribution in [1.29, 1.82) is 0 Å². The number of nitrogens with zero attached hydrogens (tertiary/aromatic N) is 3. The van der Waals surface area contributed by atoms with Crippen LogP contribution in [-0.2, 0) is 17.8 Å². The summed E-state index contributed by atoms with van der Waals surface area (Å²) in [5.41, 5.74) is 1.60. The topological polar surface area (TPSA) is 97.0 Å². The molecule has 0 spiro atoms. The molecule has 1 unspecified atom stereocenters. The Bertz CT molecular complexity index is 1070. The van der Waals surface area contributed by atoms with Gasteiger partial charge in [-0.1, -0.05) is 0 Å². The summed E-state index contributed by atoms with van der Waals surface area (Å²) in [6.07, 6.45) is 2.54. The Labute approximate surface area is 186 Å². The number of hydrogen-bond acceptors (Lipinski definition) is 7. The van der Waals surface area contributed by atoms with E-state index in [1.54, 1.807) is 23.1 Å². The van der Waals surface area contributed by atoms with E-state index < -0.39 is 0 Å². The maximum absolute atomic E-state index is 12.8. The molecule has 1 amide bonds. The van der Waals surface area contributed by atoms with Crippen molar-refractivity contribution in [3.8, 4) is 17.2 Å². The Balaban J connectivity index is 1.23. The highest BCUT2D eigenvalue weighted by Crippen LogP contribution is 2.33. The van der Waals surface area contributed by atoms with Gasteiger partial charge in [-0.3, -0.25) is 9.59 Å². The lowest BCUT2D eigenvalue weighted by molar-refractivity contribution is -0.134. The number of aromatic nitrogens is 2. The average Bonchev–Trinajstić information content (AvgIpc) is 2.83. The molecule has 0 saturated carbocycles. The largest absolute Gasteiger partial charge is 0.486 e. The number of aromatic amines is 1. The Hall–Kier alpha value is -3.07. The second-order valence-electron chi connectivity index (χ2n) is 8.64. The van der Waals surface area contributed by atoms with Gasteiger partial charge in [-0.25, -0.2) is 4.98 Å². The van der Waals surface area contributed by atoms with Crippen LogP contribution in [0, 0.1) is 0 Å². The van der Waals surface area contributed by atoms with Crippen molar-refractivity contribution in [2.24, 2.45) is 0 Å². The van der Waals surface area contributed by atoms with Crippen LogP contribution in [0.1, 0.15) is 35.8 Å². The third kappa shape index (κ3) is 4.29. The van der Waals surface area contributed by atoms with Gasteiger partial charge in [-0.05, 0) is 32.0 Å². The first-order valence-electron chi connectivity index (χ1n) is 11.2. The molecule has 3 aliphatic rings. The fourth-order valence-electron chi connectivity index (χ4n) is 4.55. The summed E-state index contributed by atoms with van der Waals surface area (Å²) < 4.78 is 16.8. The summed E-state index contributed by atoms with van der Waals surface area (Å²) >= 11 is 0. The molecule has 2 aromatic rings. The van der Waals surface area contributed by atoms with E-state index in [1.165, 1.54) is 0 Å². The molecule has 0 bridgehead atoms. The van der Waals surface area contributed by atoms with E-state index in [0.29, 0.717) is 55.9 Å². The number of carbonyl (C=O) groups is 1. The van der Waals surface area contributed by atoms with E-state index >= 15 is 0 Å². The first-order chi connectivity index (χ1) is 15.6. The van der Waals surface area contributed by atoms with Gasteiger partial charge < -0.3 is 29.0 Å². The molecule has 1 N–H and O–H groups in total. The lowest BCUT2D eigenvalue weighted by Crippen LogP contribution is -2.42. The number of fused-ring (bicyclic) bond motifs is 2. The van der Waals surface area contributed by atoms with Crippen LogP contribution < -0.4 is 19.8 Å². The van der Waals surface area contributed by atoms with Crippen LogP contribution in [0.3, 0.4) is 0 Å². The molecule has 5 rings (SSSR count). The number of piperidine rings is 1. The van der Waals surface area contributed by atoms with Crippen LogP contribution in [0.4, 0.5) is 0 Å². The first-order valence-corrected chi connectivity index (χ1v) is 11.2. The van der Waals surface area contributed by atoms with Crippen molar-refractivity contribution in [1.82, 2.24) is 19.8 Å². The molecule has 9 heteroatoms. The maximum atomic E-state index is 12.8. The first kappa shape index (κ1) is 20.8. The Morgan fingerprint density at radius 3 is 2.97 bits per heavy atom. The van der Waals surface area contributed by atoms with E-state index in [2.05, 4.69) is 9.88 Å². The minimum atomic E-state index is -0.0773. The zero-order chi connectivity index (χ0) is 22.1. The zero-order valence-electron chi connectivity index (χ0n) is 18.3. The van der Waals surface area contributed by atoms with Gasteiger partial charge >= 0.3 is 0 Å². The highest BCUT2D eigenvalue weighted by atomic mass is 16.6. The molecular formula is C23H28N4O5. The highest BCUT2D eigenvalue weighted by molar-refractivity contribution is 5.78. The quantitative estimate of drug-likeness (QED) is 0.766. The van der Waals surface area contributed by atoms with Crippen molar-refractivity contribution in [2.75, 3.05) is 46.5 Å². The lowest BCUT2D eigenvalue weighted by Gasteiger charge is -2.33. The van der Waals surface area contributed by atoms with E-state index in [1.807, 2.05) is 7.05 Å². The molecule has 9 nitrogen and oxygen atoms in total. The number of nitrogens with one attached hydrogen (secondary N) is 1. The molecule has 3 aliphatic heterocycles. The molecule has 32 heavy (non-hydrogen) atoms. The number of benzene rings is 1. The fourth-order valence-corrected chi connectivity index (χ4v) is 4.55. The minimum absolute atomic E-state index is 0.0275. The summed E-state index contributed by atoms with van der Waals surface area (Å²) in [7, 11) is 2.01. The Morgan fingerprint density at radius 1 is 1.25 bits per heavy atom. The van der Waals surface area contributed by atoms with Crippen molar-refractivity contribution in [3.05, 3.63) is 45.6 Å². The summed E-state index contributed by atoms with van der Waals surface area (Å²) in [5, 5.41) is 0. The Kier molecular flexibility index (Phi) is 5.73. The third-order valence-corrected chi connectivity index (χ3v) is 6.31. The molecular weight excluding hydrogens is 412 g/mol. The van der Waals surface area contributed by atoms with Crippen molar-refractivity contribution in [2.45, 2.75) is 31.7 Å². The number of hydrogen-bond donors (Lipinski definition) is 1. The van der Waals surface area contributed by atoms with E-state index in [9.17, 15) is 9.59 Å². The molecule has 1 aromatic carbocycles. The van der Waals surface area contributed by atoms with Gasteiger partial charge in [0.15, 0.2) is 18.1 Å². The molecule has 1 saturated heterocycles. The number of rotatable bonds is 4. The van der Waals surface area contributed by atoms with Gasteiger partial charge in [-0.15, -0.1) is 0 Å². The third-order valence-electron chi connectivity index (χ3n) is 6.31. The fraction of sp³-hybridized carbons (Fsp3) is 0.522. The van der Waals surface area contributed by atoms with Crippen molar-refractivity contribution >= 4 is 5.91 Å². The summed E-state index contributed by atoms with van der Waals surface area (Å²) in [5.74, 6) is 2.54. The maximum Gasteiger partial charge on any atom is 0.260 e. The standard InChI is InChI=1S/C23H28N4O5/c1-26-8-6-18-17(13-26)23(29)25-22(24-18)15-3-2-7-27(12-15)21(28)14-32-16-4-5-19-20(11-16)31-10-9-30-19/h4-5,11,15H,2-3,6-10,12-14H2,1H3,(H,24,25,29). The van der Waals surface area contributed by atoms with Gasteiger partial charge in [-0.2, -0.15) is 0 Å². The predicted molar refractivity (Wildman–Crippen MR) is 116 cm³/mol. The Morgan fingerprint density at radius 2 is 2.09 bits per heavy atom. The van der Waals surface area contributed by atoms with Gasteiger partial charge in [0.1, 0.15) is 24.8 Å². The van der Waals surface area contributed by atoms with Crippen LogP contribution in [0.15, 0.2) is 23.0 Å². The van der Waals surface area contributed by atoms with Crippen LogP contribution in [0.25, 0.3) is 0 Å². The summed E-state index contributed by atoms with van der Waals surface area (Å²) in [6.45, 7) is 3.72. The second-order valence-corrected chi connectivity index (χ2v) is 8.64. The van der Waals surface area contributed by atoms with Gasteiger partial charge in [0.2, 0.25) is 0 Å². The predicted octanol–water partition coefficient (Wildman–Crippen LogP) is 1.31. The van der Waals surface area contributed by atoms with Crippen molar-refractivity contribution < 1.29 is 19.0 Å². The zero-order valence-corrected chi connectivity index (χ0v) is 18.3. The number of likely N-dealkylation sites (N-methyl/N-ethyl adjacent to an activating group) is 1. The van der Waals surface area contributed by atoms with Crippen LogP contribution in [-0.4, -0.2) is 72.2 Å². The van der Waals surface area contributed by atoms with E-state index in [0.717, 1.165) is 37.1 Å². The second kappa shape index (κ2) is 8.82. The van der Waals surface area contributed by atoms with E-state index in [4.69, 9.17) is 19.2 Å². The molecule has 1 fully saturated rings. The monoisotopic (exact) mass is 440 g/mol. The lowest BCUT2D eigenvalue weighted by atomic mass is 9.96. The summed E-state index contributed by atoms with van der Waals surface area (Å²) in [6, 6.07) is 5.32. The molecule has 1 atom stereocenters. The number of H-pyrrole nitrogens is 1. The SMILES string of the molecule is CN1CCc2nc(C3CCCN(C(=O)COc4ccc5c(c4)OCCO5)C3)[nH]c(=O)c2C1. The summed E-state index contributed by atoms with van der Waals surface area (Å²) in [4.78, 5) is 37.1. The van der Waals surface area contributed by atoms with Crippen molar-refractivity contribution in [3.63, 3.8) is 0 Å². The molecule has 0 aliphatic carbocycles. The average molecular weight is 441 g/mol. The van der Waals surface area contributed by atoms with Crippen LogP contribution >= 0.6 is 0 Å².